The van der Waals surface area contributed by atoms with Gasteiger partial charge in [-0.25, -0.2) is 0 Å². The van der Waals surface area contributed by atoms with Crippen LogP contribution in [0.5, 0.6) is 5.75 Å². The van der Waals surface area contributed by atoms with Crippen LogP contribution in [0.25, 0.3) is 0 Å². The zero-order chi connectivity index (χ0) is 23.8. The Morgan fingerprint density at radius 1 is 0.970 bits per heavy atom. The SMILES string of the molecule is CNC(=O)[C@H](Cc1ccccc1)N(Cc1ccc(C)cc1)C(=O)COc1ccc(Cl)cc1Cl. The van der Waals surface area contributed by atoms with Crippen molar-refractivity contribution in [1.82, 2.24) is 10.2 Å². The van der Waals surface area contributed by atoms with E-state index in [0.717, 1.165) is 16.7 Å². The molecule has 0 heterocycles. The minimum absolute atomic E-state index is 0.246. The van der Waals surface area contributed by atoms with Gasteiger partial charge in [0.2, 0.25) is 5.91 Å². The van der Waals surface area contributed by atoms with E-state index in [9.17, 15) is 9.59 Å². The number of halogens is 2. The summed E-state index contributed by atoms with van der Waals surface area (Å²) in [7, 11) is 1.57. The quantitative estimate of drug-likeness (QED) is 0.461. The molecule has 0 saturated carbocycles. The maximum absolute atomic E-state index is 13.4. The van der Waals surface area contributed by atoms with Gasteiger partial charge in [-0.15, -0.1) is 0 Å². The molecule has 0 spiro atoms. The highest BCUT2D eigenvalue weighted by atomic mass is 35.5. The summed E-state index contributed by atoms with van der Waals surface area (Å²) in [5.41, 5.74) is 2.99. The Morgan fingerprint density at radius 3 is 2.30 bits per heavy atom. The number of carbonyl (C=O) groups is 2. The number of carbonyl (C=O) groups excluding carboxylic acids is 2. The molecule has 1 N–H and O–H groups in total. The number of hydrogen-bond donors (Lipinski definition) is 1. The van der Waals surface area contributed by atoms with Gasteiger partial charge in [-0.1, -0.05) is 83.4 Å². The molecular weight excluding hydrogens is 459 g/mol. The van der Waals surface area contributed by atoms with E-state index in [2.05, 4.69) is 5.32 Å². The molecule has 0 aliphatic carbocycles. The molecule has 172 valence electrons. The molecule has 0 unspecified atom stereocenters. The fourth-order valence-electron chi connectivity index (χ4n) is 3.43. The van der Waals surface area contributed by atoms with Crippen LogP contribution in [0.15, 0.2) is 72.8 Å². The van der Waals surface area contributed by atoms with Gasteiger partial charge in [-0.3, -0.25) is 9.59 Å². The highest BCUT2D eigenvalue weighted by Gasteiger charge is 2.30. The number of amides is 2. The normalized spacial score (nSPS) is 11.5. The molecule has 0 radical (unpaired) electrons. The minimum atomic E-state index is -0.713. The molecule has 0 fully saturated rings. The maximum Gasteiger partial charge on any atom is 0.261 e. The Balaban J connectivity index is 1.87. The molecule has 0 aliphatic heterocycles. The first kappa shape index (κ1) is 24.6. The van der Waals surface area contributed by atoms with Crippen molar-refractivity contribution in [3.05, 3.63) is 99.5 Å². The van der Waals surface area contributed by atoms with Gasteiger partial charge in [0.1, 0.15) is 11.8 Å². The first-order chi connectivity index (χ1) is 15.9. The summed E-state index contributed by atoms with van der Waals surface area (Å²) < 4.78 is 5.69. The second-order valence-corrected chi connectivity index (χ2v) is 8.53. The van der Waals surface area contributed by atoms with E-state index >= 15 is 0 Å². The van der Waals surface area contributed by atoms with Gasteiger partial charge in [0.25, 0.3) is 5.91 Å². The maximum atomic E-state index is 13.4. The Hall–Kier alpha value is -3.02. The van der Waals surface area contributed by atoms with Crippen molar-refractivity contribution in [3.63, 3.8) is 0 Å². The Kier molecular flexibility index (Phi) is 8.75. The van der Waals surface area contributed by atoms with Crippen LogP contribution in [0.4, 0.5) is 0 Å². The summed E-state index contributed by atoms with van der Waals surface area (Å²) in [6.45, 7) is 2.00. The lowest BCUT2D eigenvalue weighted by atomic mass is 10.0. The number of aryl methyl sites for hydroxylation is 1. The predicted molar refractivity (Wildman–Crippen MR) is 132 cm³/mol. The molecule has 5 nitrogen and oxygen atoms in total. The molecule has 0 aromatic heterocycles. The van der Waals surface area contributed by atoms with Gasteiger partial charge in [-0.2, -0.15) is 0 Å². The van der Waals surface area contributed by atoms with Crippen molar-refractivity contribution in [1.29, 1.82) is 0 Å². The van der Waals surface area contributed by atoms with Gasteiger partial charge in [0.05, 0.1) is 5.02 Å². The summed E-state index contributed by atoms with van der Waals surface area (Å²) in [5.74, 6) is -0.223. The number of benzene rings is 3. The fourth-order valence-corrected chi connectivity index (χ4v) is 3.89. The van der Waals surface area contributed by atoms with Crippen molar-refractivity contribution in [3.8, 4) is 5.75 Å². The zero-order valence-corrected chi connectivity index (χ0v) is 20.1. The molecule has 33 heavy (non-hydrogen) atoms. The first-order valence-electron chi connectivity index (χ1n) is 10.6. The lowest BCUT2D eigenvalue weighted by molar-refractivity contribution is -0.142. The summed E-state index contributed by atoms with van der Waals surface area (Å²) in [6.07, 6.45) is 0.375. The minimum Gasteiger partial charge on any atom is -0.482 e. The number of nitrogens with zero attached hydrogens (tertiary/aromatic N) is 1. The standard InChI is InChI=1S/C26H26Cl2N2O3/c1-18-8-10-20(11-9-18)16-30(23(26(32)29-2)14-19-6-4-3-5-7-19)25(31)17-33-24-13-12-21(27)15-22(24)28/h3-13,15,23H,14,16-17H2,1-2H3,(H,29,32)/t23-/m0/s1. The third-order valence-corrected chi connectivity index (χ3v) is 5.77. The topological polar surface area (TPSA) is 58.6 Å². The van der Waals surface area contributed by atoms with Gasteiger partial charge >= 0.3 is 0 Å². The number of hydrogen-bond acceptors (Lipinski definition) is 3. The highest BCUT2D eigenvalue weighted by Crippen LogP contribution is 2.27. The van der Waals surface area contributed by atoms with Gasteiger partial charge in [-0.05, 0) is 36.2 Å². The molecule has 1 atom stereocenters. The van der Waals surface area contributed by atoms with Crippen molar-refractivity contribution < 1.29 is 14.3 Å². The largest absolute Gasteiger partial charge is 0.482 e. The monoisotopic (exact) mass is 484 g/mol. The Bertz CT molecular complexity index is 1090. The molecule has 0 saturated heterocycles. The highest BCUT2D eigenvalue weighted by molar-refractivity contribution is 6.35. The number of ether oxygens (including phenoxy) is 1. The Morgan fingerprint density at radius 2 is 1.67 bits per heavy atom. The summed E-state index contributed by atoms with van der Waals surface area (Å²) in [4.78, 5) is 27.8. The molecule has 3 aromatic carbocycles. The van der Waals surface area contributed by atoms with Crippen LogP contribution in [-0.2, 0) is 22.6 Å². The van der Waals surface area contributed by atoms with Crippen molar-refractivity contribution >= 4 is 35.0 Å². The second-order valence-electron chi connectivity index (χ2n) is 7.69. The summed E-state index contributed by atoms with van der Waals surface area (Å²) in [6, 6.07) is 21.6. The lowest BCUT2D eigenvalue weighted by Gasteiger charge is -2.31. The molecule has 2 amide bonds. The zero-order valence-electron chi connectivity index (χ0n) is 18.6. The lowest BCUT2D eigenvalue weighted by Crippen LogP contribution is -2.51. The molecule has 0 bridgehead atoms. The van der Waals surface area contributed by atoms with Crippen LogP contribution in [-0.4, -0.2) is 36.4 Å². The van der Waals surface area contributed by atoms with Crippen LogP contribution in [0, 0.1) is 6.92 Å². The van der Waals surface area contributed by atoms with Crippen LogP contribution in [0.3, 0.4) is 0 Å². The summed E-state index contributed by atoms with van der Waals surface area (Å²) >= 11 is 12.1. The van der Waals surface area contributed by atoms with Crippen LogP contribution >= 0.6 is 23.2 Å². The molecule has 3 rings (SSSR count). The van der Waals surface area contributed by atoms with E-state index in [4.69, 9.17) is 27.9 Å². The third kappa shape index (κ3) is 6.98. The average molecular weight is 485 g/mol. The molecule has 0 aliphatic rings. The van der Waals surface area contributed by atoms with E-state index in [1.54, 1.807) is 30.1 Å². The fraction of sp³-hybridized carbons (Fsp3) is 0.231. The number of nitrogens with one attached hydrogen (secondary N) is 1. The van der Waals surface area contributed by atoms with Gasteiger partial charge in [0.15, 0.2) is 6.61 Å². The number of likely N-dealkylation sites (N-methyl/N-ethyl adjacent to an activating group) is 1. The van der Waals surface area contributed by atoms with E-state index < -0.39 is 6.04 Å². The number of rotatable bonds is 9. The van der Waals surface area contributed by atoms with Crippen molar-refractivity contribution in [2.75, 3.05) is 13.7 Å². The van der Waals surface area contributed by atoms with E-state index in [0.29, 0.717) is 22.2 Å². The third-order valence-electron chi connectivity index (χ3n) is 5.24. The van der Waals surface area contributed by atoms with Gasteiger partial charge < -0.3 is 15.0 Å². The first-order valence-corrected chi connectivity index (χ1v) is 11.3. The van der Waals surface area contributed by atoms with Crippen LogP contribution in [0.2, 0.25) is 10.0 Å². The smallest absolute Gasteiger partial charge is 0.261 e. The van der Waals surface area contributed by atoms with Crippen LogP contribution in [0.1, 0.15) is 16.7 Å². The van der Waals surface area contributed by atoms with Gasteiger partial charge in [0, 0.05) is 25.0 Å². The summed E-state index contributed by atoms with van der Waals surface area (Å²) in [5, 5.41) is 3.48. The second kappa shape index (κ2) is 11.7. The average Bonchev–Trinajstić information content (AvgIpc) is 2.82. The van der Waals surface area contributed by atoms with Crippen molar-refractivity contribution in [2.24, 2.45) is 0 Å². The Labute approximate surface area is 204 Å². The van der Waals surface area contributed by atoms with Crippen LogP contribution < -0.4 is 10.1 Å². The predicted octanol–water partition coefficient (Wildman–Crippen LogP) is 5.07. The molecule has 7 heteroatoms. The van der Waals surface area contributed by atoms with E-state index in [-0.39, 0.29) is 25.0 Å². The van der Waals surface area contributed by atoms with E-state index in [1.807, 2.05) is 61.5 Å². The molecule has 3 aromatic rings. The molecular formula is C26H26Cl2N2O3. The van der Waals surface area contributed by atoms with Crippen molar-refractivity contribution in [2.45, 2.75) is 25.9 Å². The van der Waals surface area contributed by atoms with E-state index in [1.165, 1.54) is 0 Å².